The molecule has 232 valence electrons. The van der Waals surface area contributed by atoms with Gasteiger partial charge in [0, 0.05) is 16.8 Å². The normalized spacial score (nSPS) is 14.2. The molecule has 0 saturated carbocycles. The van der Waals surface area contributed by atoms with Crippen LogP contribution in [0.5, 0.6) is 17.2 Å². The lowest BCUT2D eigenvalue weighted by Crippen LogP contribution is -2.45. The number of hydrogen-bond donors (Lipinski definition) is 3. The Labute approximate surface area is 266 Å². The van der Waals surface area contributed by atoms with E-state index in [1.54, 1.807) is 68.4 Å². The number of nitrogens with one attached hydrogen (secondary N) is 3. The molecule has 12 heteroatoms. The molecular weight excluding hydrogens is 594 g/mol. The molecular formula is C33H33N5O6S. The fourth-order valence-electron chi connectivity index (χ4n) is 4.51. The minimum absolute atomic E-state index is 0.205. The average molecular weight is 628 g/mol. The number of nitriles is 1. The highest BCUT2D eigenvalue weighted by Gasteiger charge is 2.32. The number of carbonyl (C=O) groups excluding carboxylic acids is 2. The molecule has 1 heterocycles. The largest absolute Gasteiger partial charge is 0.490 e. The molecule has 1 atom stereocenters. The fourth-order valence-corrected chi connectivity index (χ4v) is 4.79. The molecule has 45 heavy (non-hydrogen) atoms. The van der Waals surface area contributed by atoms with Gasteiger partial charge in [-0.2, -0.15) is 10.4 Å². The zero-order valence-electron chi connectivity index (χ0n) is 25.1. The number of rotatable bonds is 13. The molecule has 0 aromatic heterocycles. The third-order valence-corrected chi connectivity index (χ3v) is 6.76. The second kappa shape index (κ2) is 15.9. The lowest BCUT2D eigenvalue weighted by molar-refractivity contribution is -0.139. The van der Waals surface area contributed by atoms with Gasteiger partial charge < -0.3 is 29.6 Å². The minimum Gasteiger partial charge on any atom is -0.490 e. The Hall–Kier alpha value is -5.41. The van der Waals surface area contributed by atoms with Crippen LogP contribution in [0.3, 0.4) is 0 Å². The minimum atomic E-state index is -0.636. The predicted octanol–water partition coefficient (Wildman–Crippen LogP) is 4.42. The summed E-state index contributed by atoms with van der Waals surface area (Å²) in [4.78, 5) is 25.4. The van der Waals surface area contributed by atoms with Gasteiger partial charge in [0.05, 0.1) is 42.7 Å². The molecule has 4 rings (SSSR count). The van der Waals surface area contributed by atoms with Gasteiger partial charge in [0.15, 0.2) is 23.2 Å². The fraction of sp³-hybridized carbons (Fsp3) is 0.242. The molecule has 1 aliphatic heterocycles. The molecule has 0 aliphatic carbocycles. The molecule has 1 aliphatic rings. The number of allylic oxidation sites excluding steroid dienone is 1. The van der Waals surface area contributed by atoms with Gasteiger partial charge in [-0.25, -0.2) is 10.2 Å². The number of thiocarbonyl (C=S) groups is 1. The lowest BCUT2D eigenvalue weighted by Gasteiger charge is -2.30. The summed E-state index contributed by atoms with van der Waals surface area (Å²) in [5, 5.41) is 19.8. The summed E-state index contributed by atoms with van der Waals surface area (Å²) < 4.78 is 22.8. The third kappa shape index (κ3) is 8.58. The van der Waals surface area contributed by atoms with Crippen LogP contribution < -0.4 is 30.3 Å². The second-order valence-corrected chi connectivity index (χ2v) is 10.0. The van der Waals surface area contributed by atoms with Crippen LogP contribution in [0.25, 0.3) is 0 Å². The van der Waals surface area contributed by atoms with Crippen LogP contribution in [0, 0.1) is 11.3 Å². The summed E-state index contributed by atoms with van der Waals surface area (Å²) in [7, 11) is 0. The Morgan fingerprint density at radius 1 is 1.00 bits per heavy atom. The SMILES string of the molecule is CCOC(=O)C1=C(C)NC(=S)N[C@H]1c1ccccc1OCC(=O)NN=Cc1ccc(OCc2ccccc2C#N)c(OCC)c1. The molecule has 3 N–H and O–H groups in total. The van der Waals surface area contributed by atoms with Gasteiger partial charge in [-0.05, 0) is 68.9 Å². The van der Waals surface area contributed by atoms with Crippen LogP contribution >= 0.6 is 12.2 Å². The maximum Gasteiger partial charge on any atom is 0.338 e. The molecule has 1 amide bonds. The van der Waals surface area contributed by atoms with E-state index in [0.717, 1.165) is 5.56 Å². The first-order chi connectivity index (χ1) is 21.8. The van der Waals surface area contributed by atoms with E-state index in [0.29, 0.717) is 56.9 Å². The smallest absolute Gasteiger partial charge is 0.338 e. The number of nitrogens with zero attached hydrogens (tertiary/aromatic N) is 2. The van der Waals surface area contributed by atoms with Crippen molar-refractivity contribution in [2.75, 3.05) is 19.8 Å². The number of benzene rings is 3. The van der Waals surface area contributed by atoms with E-state index in [2.05, 4.69) is 27.2 Å². The van der Waals surface area contributed by atoms with Crippen LogP contribution in [0.1, 0.15) is 49.1 Å². The van der Waals surface area contributed by atoms with E-state index < -0.39 is 17.9 Å². The zero-order valence-corrected chi connectivity index (χ0v) is 25.9. The van der Waals surface area contributed by atoms with Crippen molar-refractivity contribution in [2.45, 2.75) is 33.4 Å². The highest BCUT2D eigenvalue weighted by Crippen LogP contribution is 2.34. The van der Waals surface area contributed by atoms with Crippen molar-refractivity contribution in [3.63, 3.8) is 0 Å². The third-order valence-electron chi connectivity index (χ3n) is 6.54. The van der Waals surface area contributed by atoms with Crippen molar-refractivity contribution in [1.29, 1.82) is 5.26 Å². The summed E-state index contributed by atoms with van der Waals surface area (Å²) in [6.45, 7) is 5.84. The van der Waals surface area contributed by atoms with Crippen molar-refractivity contribution < 1.29 is 28.5 Å². The van der Waals surface area contributed by atoms with E-state index >= 15 is 0 Å². The number of esters is 1. The maximum atomic E-state index is 12.8. The van der Waals surface area contributed by atoms with Crippen LogP contribution in [0.4, 0.5) is 0 Å². The van der Waals surface area contributed by atoms with E-state index in [1.807, 2.05) is 19.1 Å². The molecule has 0 radical (unpaired) electrons. The first kappa shape index (κ1) is 32.5. The van der Waals surface area contributed by atoms with Crippen molar-refractivity contribution in [2.24, 2.45) is 5.10 Å². The van der Waals surface area contributed by atoms with Gasteiger partial charge in [0.1, 0.15) is 12.4 Å². The Morgan fingerprint density at radius 3 is 2.56 bits per heavy atom. The summed E-state index contributed by atoms with van der Waals surface area (Å²) >= 11 is 5.32. The van der Waals surface area contributed by atoms with Crippen LogP contribution in [-0.2, 0) is 20.9 Å². The van der Waals surface area contributed by atoms with E-state index in [4.69, 9.17) is 31.2 Å². The summed E-state index contributed by atoms with van der Waals surface area (Å²) in [5.74, 6) is 0.425. The lowest BCUT2D eigenvalue weighted by atomic mass is 9.95. The summed E-state index contributed by atoms with van der Waals surface area (Å²) in [6, 6.07) is 21.1. The highest BCUT2D eigenvalue weighted by molar-refractivity contribution is 7.80. The molecule has 0 fully saturated rings. The van der Waals surface area contributed by atoms with Gasteiger partial charge in [-0.3, -0.25) is 4.79 Å². The molecule has 0 unspecified atom stereocenters. The quantitative estimate of drug-likeness (QED) is 0.108. The number of para-hydroxylation sites is 1. The topological polar surface area (TPSA) is 143 Å². The van der Waals surface area contributed by atoms with Gasteiger partial charge in [0.2, 0.25) is 0 Å². The van der Waals surface area contributed by atoms with E-state index in [1.165, 1.54) is 6.21 Å². The number of ether oxygens (including phenoxy) is 4. The Bertz CT molecular complexity index is 1670. The van der Waals surface area contributed by atoms with Crippen LogP contribution in [-0.4, -0.2) is 43.0 Å². The summed E-state index contributed by atoms with van der Waals surface area (Å²) in [6.07, 6.45) is 1.47. The van der Waals surface area contributed by atoms with Gasteiger partial charge >= 0.3 is 5.97 Å². The Kier molecular flexibility index (Phi) is 11.5. The molecule has 0 saturated heterocycles. The average Bonchev–Trinajstić information content (AvgIpc) is 3.03. The van der Waals surface area contributed by atoms with Crippen LogP contribution in [0.2, 0.25) is 0 Å². The first-order valence-electron chi connectivity index (χ1n) is 14.2. The van der Waals surface area contributed by atoms with Crippen molar-refractivity contribution >= 4 is 35.4 Å². The number of carbonyl (C=O) groups is 2. The van der Waals surface area contributed by atoms with E-state index in [-0.39, 0.29) is 19.8 Å². The van der Waals surface area contributed by atoms with Gasteiger partial charge in [0.25, 0.3) is 5.91 Å². The maximum absolute atomic E-state index is 12.8. The number of amides is 1. The molecule has 11 nitrogen and oxygen atoms in total. The second-order valence-electron chi connectivity index (χ2n) is 9.61. The van der Waals surface area contributed by atoms with Crippen molar-refractivity contribution in [3.05, 3.63) is 100 Å². The van der Waals surface area contributed by atoms with E-state index in [9.17, 15) is 14.9 Å². The van der Waals surface area contributed by atoms with Gasteiger partial charge in [-0.15, -0.1) is 0 Å². The van der Waals surface area contributed by atoms with Crippen LogP contribution in [0.15, 0.2) is 83.1 Å². The summed E-state index contributed by atoms with van der Waals surface area (Å²) in [5.41, 5.74) is 5.98. The Morgan fingerprint density at radius 2 is 1.78 bits per heavy atom. The first-order valence-corrected chi connectivity index (χ1v) is 14.6. The molecule has 0 spiro atoms. The predicted molar refractivity (Wildman–Crippen MR) is 172 cm³/mol. The van der Waals surface area contributed by atoms with Crippen molar-refractivity contribution in [1.82, 2.24) is 16.1 Å². The molecule has 0 bridgehead atoms. The van der Waals surface area contributed by atoms with Gasteiger partial charge in [-0.1, -0.05) is 36.4 Å². The monoisotopic (exact) mass is 627 g/mol. The molecule has 3 aromatic rings. The number of hydrogen-bond acceptors (Lipinski definition) is 9. The Balaban J connectivity index is 1.39. The highest BCUT2D eigenvalue weighted by atomic mass is 32.1. The standard InChI is InChI=1S/C33H33N5O6S/c1-4-41-28-16-22(14-15-27(28)43-19-24-11-7-6-10-23(24)17-34)18-35-38-29(39)20-44-26-13-9-8-12-25(26)31-30(32(40)42-5-2)21(3)36-33(45)37-31/h6-16,18,31H,4-5,19-20H2,1-3H3,(H,38,39)(H2,36,37,45)/t31-/m0/s1. The van der Waals surface area contributed by atoms with Crippen molar-refractivity contribution in [3.8, 4) is 23.3 Å². The molecule has 3 aromatic carbocycles. The number of hydrazone groups is 1. The zero-order chi connectivity index (χ0) is 32.2.